The maximum Gasteiger partial charge on any atom is 0.255 e. The molecule has 7 nitrogen and oxygen atoms in total. The quantitative estimate of drug-likeness (QED) is 0.421. The van der Waals surface area contributed by atoms with Gasteiger partial charge in [0.15, 0.2) is 5.16 Å². The number of aromatic amines is 1. The molecule has 2 N–H and O–H groups in total. The number of benzene rings is 2. The average molecular weight is 459 g/mol. The number of rotatable bonds is 6. The number of hydrogen-bond donors (Lipinski definition) is 2. The van der Waals surface area contributed by atoms with Crippen LogP contribution < -0.4 is 10.2 Å². The Labute approximate surface area is 197 Å². The fourth-order valence-corrected chi connectivity index (χ4v) is 4.63. The minimum Gasteiger partial charge on any atom is -0.354 e. The summed E-state index contributed by atoms with van der Waals surface area (Å²) in [4.78, 5) is 29.7. The van der Waals surface area contributed by atoms with E-state index in [1.807, 2.05) is 60.7 Å². The molecule has 0 atom stereocenters. The van der Waals surface area contributed by atoms with Gasteiger partial charge >= 0.3 is 0 Å². The Morgan fingerprint density at radius 1 is 1.03 bits per heavy atom. The lowest BCUT2D eigenvalue weighted by atomic mass is 10.1. The molecule has 0 unspecified atom stereocenters. The normalized spacial score (nSPS) is 14.5. The standard InChI is InChI=1S/C25H26N6OS/c1-30-12-14-31(15-13-30)23-11-10-20(16-26-23)27-24(32)19-8-6-18(7-9-19)17-33-25-28-21-4-2-3-5-22(21)29-25/h2-11,16H,12-15,17H2,1H3,(H,27,32)(H,28,29). The first-order valence-corrected chi connectivity index (χ1v) is 12.0. The van der Waals surface area contributed by atoms with Gasteiger partial charge in [-0.15, -0.1) is 0 Å². The van der Waals surface area contributed by atoms with E-state index in [0.29, 0.717) is 11.3 Å². The highest BCUT2D eigenvalue weighted by atomic mass is 32.2. The minimum atomic E-state index is -0.138. The molecule has 0 saturated carbocycles. The van der Waals surface area contributed by atoms with Crippen molar-refractivity contribution in [3.8, 4) is 0 Å². The van der Waals surface area contributed by atoms with Crippen molar-refractivity contribution < 1.29 is 4.79 Å². The molecule has 2 aromatic carbocycles. The third-order valence-electron chi connectivity index (χ3n) is 5.79. The number of pyridine rings is 1. The Hall–Kier alpha value is -3.36. The van der Waals surface area contributed by atoms with Crippen LogP contribution >= 0.6 is 11.8 Å². The van der Waals surface area contributed by atoms with E-state index in [0.717, 1.165) is 59.5 Å². The fourth-order valence-electron chi connectivity index (χ4n) is 3.79. The number of piperazine rings is 1. The third-order valence-corrected chi connectivity index (χ3v) is 6.74. The van der Waals surface area contributed by atoms with Gasteiger partial charge in [0.2, 0.25) is 0 Å². The highest BCUT2D eigenvalue weighted by Crippen LogP contribution is 2.23. The maximum absolute atomic E-state index is 12.7. The monoisotopic (exact) mass is 458 g/mol. The number of H-pyrrole nitrogens is 1. The molecule has 3 heterocycles. The van der Waals surface area contributed by atoms with Crippen LogP contribution in [0.2, 0.25) is 0 Å². The largest absolute Gasteiger partial charge is 0.354 e. The van der Waals surface area contributed by atoms with Crippen molar-refractivity contribution in [2.75, 3.05) is 43.4 Å². The molecule has 5 rings (SSSR count). The van der Waals surface area contributed by atoms with E-state index < -0.39 is 0 Å². The topological polar surface area (TPSA) is 77.1 Å². The van der Waals surface area contributed by atoms with Crippen molar-refractivity contribution in [3.63, 3.8) is 0 Å². The summed E-state index contributed by atoms with van der Waals surface area (Å²) in [5, 5.41) is 3.83. The van der Waals surface area contributed by atoms with Gasteiger partial charge in [0.1, 0.15) is 5.82 Å². The smallest absolute Gasteiger partial charge is 0.255 e. The molecule has 0 spiro atoms. The van der Waals surface area contributed by atoms with Gasteiger partial charge in [0.25, 0.3) is 5.91 Å². The molecule has 168 valence electrons. The number of anilines is 2. The van der Waals surface area contributed by atoms with Crippen LogP contribution in [0.4, 0.5) is 11.5 Å². The van der Waals surface area contributed by atoms with Crippen LogP contribution in [-0.2, 0) is 5.75 Å². The molecule has 33 heavy (non-hydrogen) atoms. The Bertz CT molecular complexity index is 1200. The van der Waals surface area contributed by atoms with Crippen LogP contribution in [0.1, 0.15) is 15.9 Å². The summed E-state index contributed by atoms with van der Waals surface area (Å²) >= 11 is 1.65. The maximum atomic E-state index is 12.7. The van der Waals surface area contributed by atoms with Gasteiger partial charge in [-0.1, -0.05) is 36.0 Å². The number of hydrogen-bond acceptors (Lipinski definition) is 6. The van der Waals surface area contributed by atoms with Gasteiger partial charge in [0.05, 0.1) is 22.9 Å². The van der Waals surface area contributed by atoms with Crippen molar-refractivity contribution in [1.29, 1.82) is 0 Å². The molecule has 1 amide bonds. The van der Waals surface area contributed by atoms with Crippen molar-refractivity contribution in [3.05, 3.63) is 78.0 Å². The molecule has 4 aromatic rings. The van der Waals surface area contributed by atoms with E-state index in [-0.39, 0.29) is 5.91 Å². The van der Waals surface area contributed by atoms with E-state index in [4.69, 9.17) is 0 Å². The van der Waals surface area contributed by atoms with E-state index in [1.165, 1.54) is 0 Å². The zero-order valence-electron chi connectivity index (χ0n) is 18.5. The summed E-state index contributed by atoms with van der Waals surface area (Å²) in [6, 6.07) is 19.6. The van der Waals surface area contributed by atoms with Gasteiger partial charge in [-0.3, -0.25) is 4.79 Å². The molecule has 1 aliphatic heterocycles. The van der Waals surface area contributed by atoms with Gasteiger partial charge in [0, 0.05) is 37.5 Å². The van der Waals surface area contributed by atoms with E-state index >= 15 is 0 Å². The van der Waals surface area contributed by atoms with Crippen molar-refractivity contribution in [1.82, 2.24) is 19.9 Å². The lowest BCUT2D eigenvalue weighted by molar-refractivity contribution is 0.102. The number of fused-ring (bicyclic) bond motifs is 1. The van der Waals surface area contributed by atoms with E-state index in [9.17, 15) is 4.79 Å². The fraction of sp³-hybridized carbons (Fsp3) is 0.240. The molecule has 0 aliphatic carbocycles. The first-order valence-electron chi connectivity index (χ1n) is 11.0. The van der Waals surface area contributed by atoms with Gasteiger partial charge in [-0.05, 0) is 49.0 Å². The predicted molar refractivity (Wildman–Crippen MR) is 134 cm³/mol. The summed E-state index contributed by atoms with van der Waals surface area (Å²) in [5.74, 6) is 1.59. The minimum absolute atomic E-state index is 0.138. The average Bonchev–Trinajstić information content (AvgIpc) is 3.27. The van der Waals surface area contributed by atoms with Crippen molar-refractivity contribution >= 4 is 40.2 Å². The molecule has 8 heteroatoms. The third kappa shape index (κ3) is 5.18. The van der Waals surface area contributed by atoms with Crippen LogP contribution in [0, 0.1) is 0 Å². The lowest BCUT2D eigenvalue weighted by Gasteiger charge is -2.33. The number of carbonyl (C=O) groups excluding carboxylic acids is 1. The molecular formula is C25H26N6OS. The Morgan fingerprint density at radius 3 is 2.55 bits per heavy atom. The van der Waals surface area contributed by atoms with Gasteiger partial charge in [-0.2, -0.15) is 0 Å². The van der Waals surface area contributed by atoms with Crippen molar-refractivity contribution in [2.45, 2.75) is 10.9 Å². The molecule has 0 bridgehead atoms. The molecule has 1 aliphatic rings. The number of carbonyl (C=O) groups is 1. The van der Waals surface area contributed by atoms with Crippen LogP contribution in [0.3, 0.4) is 0 Å². The summed E-state index contributed by atoms with van der Waals surface area (Å²) in [6.07, 6.45) is 1.73. The highest BCUT2D eigenvalue weighted by molar-refractivity contribution is 7.98. The summed E-state index contributed by atoms with van der Waals surface area (Å²) < 4.78 is 0. The van der Waals surface area contributed by atoms with Gasteiger partial charge < -0.3 is 20.1 Å². The van der Waals surface area contributed by atoms with Crippen LogP contribution in [0.25, 0.3) is 11.0 Å². The highest BCUT2D eigenvalue weighted by Gasteiger charge is 2.15. The Balaban J connectivity index is 1.15. The first-order chi connectivity index (χ1) is 16.1. The number of thioether (sulfide) groups is 1. The number of amides is 1. The molecule has 1 saturated heterocycles. The van der Waals surface area contributed by atoms with Crippen molar-refractivity contribution in [2.24, 2.45) is 0 Å². The van der Waals surface area contributed by atoms with Crippen LogP contribution in [0.15, 0.2) is 72.0 Å². The number of nitrogens with one attached hydrogen (secondary N) is 2. The number of imidazole rings is 1. The number of likely N-dealkylation sites (N-methyl/N-ethyl adjacent to an activating group) is 1. The molecule has 1 fully saturated rings. The van der Waals surface area contributed by atoms with Crippen LogP contribution in [-0.4, -0.2) is 59.0 Å². The first kappa shape index (κ1) is 21.5. The SMILES string of the molecule is CN1CCN(c2ccc(NC(=O)c3ccc(CSc4nc5ccccc5[nH]4)cc3)cn2)CC1. The van der Waals surface area contributed by atoms with Gasteiger partial charge in [-0.25, -0.2) is 9.97 Å². The summed E-state index contributed by atoms with van der Waals surface area (Å²) in [7, 11) is 2.13. The molecule has 0 radical (unpaired) electrons. The lowest BCUT2D eigenvalue weighted by Crippen LogP contribution is -2.44. The number of nitrogens with zero attached hydrogens (tertiary/aromatic N) is 4. The second-order valence-corrected chi connectivity index (χ2v) is 9.16. The molecular weight excluding hydrogens is 432 g/mol. The van der Waals surface area contributed by atoms with Crippen LogP contribution in [0.5, 0.6) is 0 Å². The Morgan fingerprint density at radius 2 is 1.82 bits per heavy atom. The Kier molecular flexibility index (Phi) is 6.28. The predicted octanol–water partition coefficient (Wildman–Crippen LogP) is 4.25. The van der Waals surface area contributed by atoms with E-state index in [2.05, 4.69) is 37.1 Å². The summed E-state index contributed by atoms with van der Waals surface area (Å²) in [6.45, 7) is 4.01. The zero-order chi connectivity index (χ0) is 22.6. The second-order valence-electron chi connectivity index (χ2n) is 8.19. The molecule has 2 aromatic heterocycles. The number of aromatic nitrogens is 3. The summed E-state index contributed by atoms with van der Waals surface area (Å²) in [5.41, 5.74) is 4.46. The zero-order valence-corrected chi connectivity index (χ0v) is 19.3. The number of para-hydroxylation sites is 2. The second kappa shape index (κ2) is 9.64. The van der Waals surface area contributed by atoms with E-state index in [1.54, 1.807) is 18.0 Å².